The van der Waals surface area contributed by atoms with E-state index in [1.807, 2.05) is 6.08 Å². The van der Waals surface area contributed by atoms with Crippen molar-refractivity contribution in [1.82, 2.24) is 0 Å². The van der Waals surface area contributed by atoms with Gasteiger partial charge in [-0.2, -0.15) is 0 Å². The summed E-state index contributed by atoms with van der Waals surface area (Å²) >= 11 is 0. The molecule has 0 fully saturated rings. The van der Waals surface area contributed by atoms with Crippen LogP contribution in [-0.4, -0.2) is 22.3 Å². The number of benzene rings is 1. The van der Waals surface area contributed by atoms with Gasteiger partial charge in [0.05, 0.1) is 5.56 Å². The molecule has 0 aliphatic carbocycles. The maximum atomic E-state index is 11.6. The first kappa shape index (κ1) is 19.1. The van der Waals surface area contributed by atoms with E-state index in [9.17, 15) is 15.0 Å². The highest BCUT2D eigenvalue weighted by molar-refractivity contribution is 5.95. The maximum absolute atomic E-state index is 11.6. The summed E-state index contributed by atoms with van der Waals surface area (Å²) in [4.78, 5) is 11.6. The lowest BCUT2D eigenvalue weighted by Crippen LogP contribution is -2.18. The number of aromatic carboxylic acids is 1. The van der Waals surface area contributed by atoms with Crippen molar-refractivity contribution in [2.75, 3.05) is 0 Å². The lowest BCUT2D eigenvalue weighted by molar-refractivity contribution is 0.0692. The van der Waals surface area contributed by atoms with Crippen molar-refractivity contribution in [2.24, 2.45) is 0 Å². The largest absolute Gasteiger partial charge is 0.506 e. The average molecular weight is 344 g/mol. The van der Waals surface area contributed by atoms with Crippen molar-refractivity contribution in [1.29, 1.82) is 0 Å². The number of carboxylic acids is 1. The molecule has 0 bridgehead atoms. The van der Waals surface area contributed by atoms with Crippen LogP contribution in [0.5, 0.6) is 11.5 Å². The minimum absolute atomic E-state index is 0.00564. The van der Waals surface area contributed by atoms with Crippen LogP contribution in [-0.2, 0) is 6.42 Å². The van der Waals surface area contributed by atoms with Gasteiger partial charge in [-0.05, 0) is 63.3 Å². The molecule has 0 saturated carbocycles. The lowest BCUT2D eigenvalue weighted by Gasteiger charge is -2.24. The van der Waals surface area contributed by atoms with E-state index in [4.69, 9.17) is 4.74 Å². The number of allylic oxidation sites excluding steroid dienone is 2. The molecule has 0 saturated heterocycles. The van der Waals surface area contributed by atoms with Gasteiger partial charge in [0.2, 0.25) is 0 Å². The molecule has 0 amide bonds. The van der Waals surface area contributed by atoms with E-state index >= 15 is 0 Å². The fourth-order valence-electron chi connectivity index (χ4n) is 3.07. The minimum atomic E-state index is -1.09. The van der Waals surface area contributed by atoms with Crippen LogP contribution < -0.4 is 4.74 Å². The van der Waals surface area contributed by atoms with Gasteiger partial charge in [0.15, 0.2) is 0 Å². The summed E-state index contributed by atoms with van der Waals surface area (Å²) in [6.45, 7) is 6.25. The number of hydrogen-bond donors (Lipinski definition) is 2. The zero-order chi connectivity index (χ0) is 18.4. The Morgan fingerprint density at radius 3 is 2.72 bits per heavy atom. The van der Waals surface area contributed by atoms with Gasteiger partial charge in [0, 0.05) is 0 Å². The number of unbranched alkanes of at least 4 members (excludes halogenated alkanes) is 2. The Morgan fingerprint density at radius 1 is 1.32 bits per heavy atom. The first-order chi connectivity index (χ1) is 11.9. The predicted molar refractivity (Wildman–Crippen MR) is 100 cm³/mol. The molecule has 1 aromatic carbocycles. The molecule has 1 heterocycles. The number of aromatic hydroxyl groups is 1. The summed E-state index contributed by atoms with van der Waals surface area (Å²) in [6, 6.07) is 1.80. The molecule has 1 atom stereocenters. The molecule has 25 heavy (non-hydrogen) atoms. The monoisotopic (exact) mass is 344 g/mol. The van der Waals surface area contributed by atoms with Gasteiger partial charge in [-0.1, -0.05) is 31.4 Å². The van der Waals surface area contributed by atoms with Crippen LogP contribution >= 0.6 is 0 Å². The SMILES string of the molecule is CCCCCc1cc2c(c(O)c1C(=O)O)C=CC(CCC=C(C)C)O2. The fourth-order valence-corrected chi connectivity index (χ4v) is 3.07. The number of fused-ring (bicyclic) bond motifs is 1. The number of ether oxygens (including phenoxy) is 1. The highest BCUT2D eigenvalue weighted by atomic mass is 16.5. The molecule has 1 aromatic rings. The molecule has 2 N–H and O–H groups in total. The van der Waals surface area contributed by atoms with Gasteiger partial charge >= 0.3 is 5.97 Å². The van der Waals surface area contributed by atoms with Crippen molar-refractivity contribution in [3.63, 3.8) is 0 Å². The van der Waals surface area contributed by atoms with E-state index in [0.717, 1.165) is 32.1 Å². The molecule has 136 valence electrons. The van der Waals surface area contributed by atoms with Crippen molar-refractivity contribution < 1.29 is 19.7 Å². The Hall–Kier alpha value is -2.23. The van der Waals surface area contributed by atoms with Crippen LogP contribution in [0.1, 0.15) is 74.4 Å². The number of rotatable bonds is 8. The van der Waals surface area contributed by atoms with Gasteiger partial charge in [0.1, 0.15) is 23.2 Å². The zero-order valence-corrected chi connectivity index (χ0v) is 15.3. The molecule has 4 nitrogen and oxygen atoms in total. The van der Waals surface area contributed by atoms with Crippen LogP contribution in [0.4, 0.5) is 0 Å². The van der Waals surface area contributed by atoms with Gasteiger partial charge in [0.25, 0.3) is 0 Å². The number of phenols is 1. The van der Waals surface area contributed by atoms with E-state index in [0.29, 0.717) is 23.3 Å². The summed E-state index contributed by atoms with van der Waals surface area (Å²) < 4.78 is 6.01. The molecule has 0 spiro atoms. The molecular formula is C21H28O4. The Balaban J connectivity index is 2.26. The van der Waals surface area contributed by atoms with Gasteiger partial charge in [-0.15, -0.1) is 0 Å². The van der Waals surface area contributed by atoms with Crippen molar-refractivity contribution >= 4 is 12.0 Å². The standard InChI is InChI=1S/C21H28O4/c1-4-5-6-9-15-13-18-17(20(22)19(15)21(23)24)12-11-16(25-18)10-7-8-14(2)3/h8,11-13,16,22H,4-7,9-10H2,1-3H3,(H,23,24). The topological polar surface area (TPSA) is 66.8 Å². The highest BCUT2D eigenvalue weighted by Crippen LogP contribution is 2.39. The summed E-state index contributed by atoms with van der Waals surface area (Å²) in [5.41, 5.74) is 2.40. The number of carboxylic acid groups (broad SMARTS) is 1. The Kier molecular flexibility index (Phi) is 6.68. The molecule has 1 unspecified atom stereocenters. The number of carbonyl (C=O) groups is 1. The van der Waals surface area contributed by atoms with Crippen LogP contribution in [0, 0.1) is 0 Å². The minimum Gasteiger partial charge on any atom is -0.506 e. The third-order valence-corrected chi connectivity index (χ3v) is 4.41. The highest BCUT2D eigenvalue weighted by Gasteiger charge is 2.25. The smallest absolute Gasteiger partial charge is 0.339 e. The first-order valence-electron chi connectivity index (χ1n) is 9.04. The van der Waals surface area contributed by atoms with E-state index < -0.39 is 5.97 Å². The van der Waals surface area contributed by atoms with E-state index in [-0.39, 0.29) is 17.4 Å². The van der Waals surface area contributed by atoms with Crippen molar-refractivity contribution in [3.8, 4) is 11.5 Å². The van der Waals surface area contributed by atoms with Gasteiger partial charge < -0.3 is 14.9 Å². The third-order valence-electron chi connectivity index (χ3n) is 4.41. The Morgan fingerprint density at radius 2 is 2.08 bits per heavy atom. The van der Waals surface area contributed by atoms with Crippen molar-refractivity contribution in [3.05, 3.63) is 40.5 Å². The molecule has 0 aromatic heterocycles. The summed E-state index contributed by atoms with van der Waals surface area (Å²) in [5, 5.41) is 19.9. The quantitative estimate of drug-likeness (QED) is 0.493. The lowest BCUT2D eigenvalue weighted by atomic mass is 9.95. The third kappa shape index (κ3) is 4.88. The molecule has 1 aliphatic heterocycles. The van der Waals surface area contributed by atoms with Crippen LogP contribution in [0.2, 0.25) is 0 Å². The Bertz CT molecular complexity index is 682. The fraction of sp³-hybridized carbons (Fsp3) is 0.476. The Labute approximate surface area is 149 Å². The van der Waals surface area contributed by atoms with Gasteiger partial charge in [-0.3, -0.25) is 0 Å². The molecule has 1 aliphatic rings. The maximum Gasteiger partial charge on any atom is 0.339 e. The molecular weight excluding hydrogens is 316 g/mol. The number of hydrogen-bond acceptors (Lipinski definition) is 3. The first-order valence-corrected chi connectivity index (χ1v) is 9.04. The molecule has 4 heteroatoms. The van der Waals surface area contributed by atoms with E-state index in [1.165, 1.54) is 5.57 Å². The summed E-state index contributed by atoms with van der Waals surface area (Å²) in [5.74, 6) is -0.694. The van der Waals surface area contributed by atoms with Crippen molar-refractivity contribution in [2.45, 2.75) is 65.4 Å². The summed E-state index contributed by atoms with van der Waals surface area (Å²) in [6.07, 6.45) is 11.2. The second-order valence-corrected chi connectivity index (χ2v) is 6.81. The second-order valence-electron chi connectivity index (χ2n) is 6.81. The molecule has 0 radical (unpaired) electrons. The predicted octanol–water partition coefficient (Wildman–Crippen LogP) is 5.34. The summed E-state index contributed by atoms with van der Waals surface area (Å²) in [7, 11) is 0. The van der Waals surface area contributed by atoms with E-state index in [1.54, 1.807) is 12.1 Å². The van der Waals surface area contributed by atoms with Crippen LogP contribution in [0.15, 0.2) is 23.8 Å². The van der Waals surface area contributed by atoms with Crippen LogP contribution in [0.25, 0.3) is 6.08 Å². The van der Waals surface area contributed by atoms with Crippen LogP contribution in [0.3, 0.4) is 0 Å². The van der Waals surface area contributed by atoms with Gasteiger partial charge in [-0.25, -0.2) is 4.79 Å². The molecule has 2 rings (SSSR count). The van der Waals surface area contributed by atoms with E-state index in [2.05, 4.69) is 26.8 Å². The normalized spacial score (nSPS) is 15.4. The second kappa shape index (κ2) is 8.75. The average Bonchev–Trinajstić information content (AvgIpc) is 2.54. The number of aryl methyl sites for hydroxylation is 1. The zero-order valence-electron chi connectivity index (χ0n) is 15.3.